The smallest absolute Gasteiger partial charge is 0.248 e. The number of thiazole rings is 1. The van der Waals surface area contributed by atoms with Crippen molar-refractivity contribution in [1.82, 2.24) is 4.98 Å². The number of anilines is 1. The third kappa shape index (κ3) is 3.76. The maximum absolute atomic E-state index is 11.8. The van der Waals surface area contributed by atoms with Crippen molar-refractivity contribution in [3.8, 4) is 0 Å². The van der Waals surface area contributed by atoms with Gasteiger partial charge in [0.1, 0.15) is 0 Å². The Bertz CT molecular complexity index is 629. The van der Waals surface area contributed by atoms with E-state index in [2.05, 4.69) is 10.3 Å². The highest BCUT2D eigenvalue weighted by Crippen LogP contribution is 2.14. The molecule has 2 aromatic rings. The van der Waals surface area contributed by atoms with E-state index in [1.807, 2.05) is 44.4 Å². The van der Waals surface area contributed by atoms with Crippen molar-refractivity contribution in [2.24, 2.45) is 0 Å². The van der Waals surface area contributed by atoms with Gasteiger partial charge in [0.05, 0.1) is 10.7 Å². The largest absolute Gasteiger partial charge is 0.323 e. The zero-order chi connectivity index (χ0) is 13.8. The van der Waals surface area contributed by atoms with E-state index in [0.717, 1.165) is 22.0 Å². The second-order valence-corrected chi connectivity index (χ2v) is 5.48. The average Bonchev–Trinajstić information content (AvgIpc) is 2.77. The van der Waals surface area contributed by atoms with Crippen LogP contribution in [0.2, 0.25) is 0 Å². The van der Waals surface area contributed by atoms with E-state index >= 15 is 0 Å². The Labute approximate surface area is 117 Å². The van der Waals surface area contributed by atoms with Crippen molar-refractivity contribution >= 4 is 29.0 Å². The average molecular weight is 272 g/mol. The van der Waals surface area contributed by atoms with E-state index in [0.29, 0.717) is 0 Å². The van der Waals surface area contributed by atoms with Gasteiger partial charge in [-0.15, -0.1) is 11.3 Å². The van der Waals surface area contributed by atoms with Crippen LogP contribution in [0.1, 0.15) is 21.8 Å². The Morgan fingerprint density at radius 3 is 2.68 bits per heavy atom. The van der Waals surface area contributed by atoms with Crippen LogP contribution in [0, 0.1) is 20.8 Å². The molecule has 0 radical (unpaired) electrons. The predicted octanol–water partition coefficient (Wildman–Crippen LogP) is 3.72. The molecule has 3 nitrogen and oxygen atoms in total. The molecule has 19 heavy (non-hydrogen) atoms. The lowest BCUT2D eigenvalue weighted by molar-refractivity contribution is -0.111. The number of carbonyl (C=O) groups is 1. The number of rotatable bonds is 3. The van der Waals surface area contributed by atoms with Gasteiger partial charge in [0.15, 0.2) is 0 Å². The molecule has 2 rings (SSSR count). The summed E-state index contributed by atoms with van der Waals surface area (Å²) >= 11 is 1.57. The molecule has 4 heteroatoms. The maximum atomic E-state index is 11.8. The number of nitrogens with one attached hydrogen (secondary N) is 1. The molecular formula is C15H16N2OS. The van der Waals surface area contributed by atoms with Crippen LogP contribution in [0.4, 0.5) is 5.69 Å². The summed E-state index contributed by atoms with van der Waals surface area (Å²) in [6, 6.07) is 5.87. The first-order valence-corrected chi connectivity index (χ1v) is 6.91. The fourth-order valence-corrected chi connectivity index (χ4v) is 2.20. The third-order valence-electron chi connectivity index (χ3n) is 2.82. The number of aromatic nitrogens is 1. The molecule has 0 aliphatic rings. The molecule has 98 valence electrons. The van der Waals surface area contributed by atoms with Crippen LogP contribution >= 0.6 is 11.3 Å². The standard InChI is InChI=1S/C15H16N2OS/c1-10-4-5-13(8-11(10)2)17-15(18)7-6-14-9-19-12(3)16-14/h4-9H,1-3H3,(H,17,18)/b7-6+. The van der Waals surface area contributed by atoms with E-state index in [1.165, 1.54) is 11.6 Å². The highest BCUT2D eigenvalue weighted by atomic mass is 32.1. The van der Waals surface area contributed by atoms with Gasteiger partial charge in [-0.3, -0.25) is 4.79 Å². The summed E-state index contributed by atoms with van der Waals surface area (Å²) in [4.78, 5) is 16.0. The van der Waals surface area contributed by atoms with Crippen molar-refractivity contribution in [3.63, 3.8) is 0 Å². The number of hydrogen-bond acceptors (Lipinski definition) is 3. The summed E-state index contributed by atoms with van der Waals surface area (Å²) in [5.41, 5.74) is 4.01. The lowest BCUT2D eigenvalue weighted by atomic mass is 10.1. The van der Waals surface area contributed by atoms with Gasteiger partial charge in [-0.25, -0.2) is 4.98 Å². The van der Waals surface area contributed by atoms with Gasteiger partial charge >= 0.3 is 0 Å². The van der Waals surface area contributed by atoms with Crippen LogP contribution in [-0.4, -0.2) is 10.9 Å². The molecule has 0 saturated carbocycles. The molecule has 0 bridgehead atoms. The SMILES string of the molecule is Cc1nc(/C=C/C(=O)Nc2ccc(C)c(C)c2)cs1. The minimum atomic E-state index is -0.145. The van der Waals surface area contributed by atoms with Gasteiger partial charge in [0.25, 0.3) is 0 Å². The summed E-state index contributed by atoms with van der Waals surface area (Å²) in [5, 5.41) is 5.76. The normalized spacial score (nSPS) is 10.9. The van der Waals surface area contributed by atoms with Crippen LogP contribution in [0.15, 0.2) is 29.7 Å². The summed E-state index contributed by atoms with van der Waals surface area (Å²) < 4.78 is 0. The van der Waals surface area contributed by atoms with Crippen LogP contribution in [-0.2, 0) is 4.79 Å². The first-order valence-electron chi connectivity index (χ1n) is 6.03. The molecule has 0 aliphatic carbocycles. The zero-order valence-corrected chi connectivity index (χ0v) is 12.0. The molecule has 1 N–H and O–H groups in total. The van der Waals surface area contributed by atoms with Gasteiger partial charge in [0.2, 0.25) is 5.91 Å². The summed E-state index contributed by atoms with van der Waals surface area (Å²) in [7, 11) is 0. The van der Waals surface area contributed by atoms with Crippen LogP contribution < -0.4 is 5.32 Å². The van der Waals surface area contributed by atoms with Crippen molar-refractivity contribution in [3.05, 3.63) is 51.5 Å². The number of nitrogens with zero attached hydrogens (tertiary/aromatic N) is 1. The fraction of sp³-hybridized carbons (Fsp3) is 0.200. The number of aryl methyl sites for hydroxylation is 3. The van der Waals surface area contributed by atoms with E-state index in [1.54, 1.807) is 17.4 Å². The molecule has 1 aromatic heterocycles. The Morgan fingerprint density at radius 1 is 1.26 bits per heavy atom. The molecular weight excluding hydrogens is 256 g/mol. The van der Waals surface area contributed by atoms with Gasteiger partial charge in [-0.2, -0.15) is 0 Å². The molecule has 0 atom stereocenters. The first-order chi connectivity index (χ1) is 9.04. The van der Waals surface area contributed by atoms with Gasteiger partial charge in [-0.05, 0) is 50.1 Å². The quantitative estimate of drug-likeness (QED) is 0.865. The van der Waals surface area contributed by atoms with E-state index in [9.17, 15) is 4.79 Å². The van der Waals surface area contributed by atoms with Gasteiger partial charge < -0.3 is 5.32 Å². The lowest BCUT2D eigenvalue weighted by Crippen LogP contribution is -2.07. The molecule has 0 spiro atoms. The highest BCUT2D eigenvalue weighted by molar-refractivity contribution is 7.09. The molecule has 1 aromatic carbocycles. The Morgan fingerprint density at radius 2 is 2.05 bits per heavy atom. The lowest BCUT2D eigenvalue weighted by Gasteiger charge is -2.05. The number of hydrogen-bond donors (Lipinski definition) is 1. The second-order valence-electron chi connectivity index (χ2n) is 4.41. The number of carbonyl (C=O) groups excluding carboxylic acids is 1. The maximum Gasteiger partial charge on any atom is 0.248 e. The second kappa shape index (κ2) is 5.80. The Kier molecular flexibility index (Phi) is 4.12. The van der Waals surface area contributed by atoms with Crippen molar-refractivity contribution < 1.29 is 4.79 Å². The van der Waals surface area contributed by atoms with Gasteiger partial charge in [-0.1, -0.05) is 6.07 Å². The fourth-order valence-electron chi connectivity index (χ4n) is 1.62. The van der Waals surface area contributed by atoms with Crippen molar-refractivity contribution in [2.45, 2.75) is 20.8 Å². The molecule has 0 fully saturated rings. The number of benzene rings is 1. The molecule has 1 amide bonds. The van der Waals surface area contributed by atoms with E-state index in [4.69, 9.17) is 0 Å². The topological polar surface area (TPSA) is 42.0 Å². The minimum Gasteiger partial charge on any atom is -0.323 e. The Balaban J connectivity index is 2.01. The molecule has 1 heterocycles. The Hall–Kier alpha value is -1.94. The first kappa shape index (κ1) is 13.5. The highest BCUT2D eigenvalue weighted by Gasteiger charge is 2.00. The summed E-state index contributed by atoms with van der Waals surface area (Å²) in [6.07, 6.45) is 3.23. The molecule has 0 aliphatic heterocycles. The molecule has 0 unspecified atom stereocenters. The van der Waals surface area contributed by atoms with E-state index in [-0.39, 0.29) is 5.91 Å². The van der Waals surface area contributed by atoms with Gasteiger partial charge in [0, 0.05) is 17.1 Å². The summed E-state index contributed by atoms with van der Waals surface area (Å²) in [5.74, 6) is -0.145. The zero-order valence-electron chi connectivity index (χ0n) is 11.2. The third-order valence-corrected chi connectivity index (χ3v) is 3.61. The van der Waals surface area contributed by atoms with E-state index < -0.39 is 0 Å². The minimum absolute atomic E-state index is 0.145. The van der Waals surface area contributed by atoms with Crippen molar-refractivity contribution in [1.29, 1.82) is 0 Å². The summed E-state index contributed by atoms with van der Waals surface area (Å²) in [6.45, 7) is 6.02. The van der Waals surface area contributed by atoms with Crippen LogP contribution in [0.3, 0.4) is 0 Å². The molecule has 0 saturated heterocycles. The van der Waals surface area contributed by atoms with Crippen LogP contribution in [0.5, 0.6) is 0 Å². The van der Waals surface area contributed by atoms with Crippen LogP contribution in [0.25, 0.3) is 6.08 Å². The monoisotopic (exact) mass is 272 g/mol. The predicted molar refractivity (Wildman–Crippen MR) is 80.4 cm³/mol. The van der Waals surface area contributed by atoms with Crippen molar-refractivity contribution in [2.75, 3.05) is 5.32 Å². The number of amides is 1.